The molecule has 1 aromatic heterocycles. The van der Waals surface area contributed by atoms with E-state index in [-0.39, 0.29) is 5.02 Å². The third-order valence-corrected chi connectivity index (χ3v) is 2.94. The molecule has 2 rings (SSSR count). The standard InChI is InChI=1S/C14H16ClFN4/c1-2-6-17-14-18-7-5-13(20-14)19-9-10-3-4-12(16)11(15)8-10/h3-5,7-8H,2,6,9H2,1H3,(H2,17,18,19,20). The van der Waals surface area contributed by atoms with Crippen LogP contribution in [0, 0.1) is 5.82 Å². The Balaban J connectivity index is 1.97. The summed E-state index contributed by atoms with van der Waals surface area (Å²) in [5, 5.41) is 6.39. The lowest BCUT2D eigenvalue weighted by atomic mass is 10.2. The molecule has 2 N–H and O–H groups in total. The molecule has 20 heavy (non-hydrogen) atoms. The summed E-state index contributed by atoms with van der Waals surface area (Å²) >= 11 is 5.74. The maximum Gasteiger partial charge on any atom is 0.224 e. The van der Waals surface area contributed by atoms with E-state index in [9.17, 15) is 4.39 Å². The fraction of sp³-hybridized carbons (Fsp3) is 0.286. The van der Waals surface area contributed by atoms with Gasteiger partial charge in [0.2, 0.25) is 5.95 Å². The average molecular weight is 295 g/mol. The van der Waals surface area contributed by atoms with Crippen molar-refractivity contribution in [3.63, 3.8) is 0 Å². The van der Waals surface area contributed by atoms with Crippen LogP contribution in [0.2, 0.25) is 5.02 Å². The van der Waals surface area contributed by atoms with Gasteiger partial charge in [-0.1, -0.05) is 24.6 Å². The van der Waals surface area contributed by atoms with E-state index in [4.69, 9.17) is 11.6 Å². The highest BCUT2D eigenvalue weighted by atomic mass is 35.5. The second kappa shape index (κ2) is 7.05. The van der Waals surface area contributed by atoms with Crippen LogP contribution >= 0.6 is 11.6 Å². The van der Waals surface area contributed by atoms with Crippen molar-refractivity contribution in [2.45, 2.75) is 19.9 Å². The molecule has 1 aromatic carbocycles. The third kappa shape index (κ3) is 4.06. The van der Waals surface area contributed by atoms with Gasteiger partial charge < -0.3 is 10.6 Å². The van der Waals surface area contributed by atoms with Crippen molar-refractivity contribution in [2.75, 3.05) is 17.2 Å². The second-order valence-electron chi connectivity index (χ2n) is 4.29. The number of aromatic nitrogens is 2. The van der Waals surface area contributed by atoms with Gasteiger partial charge in [0, 0.05) is 19.3 Å². The van der Waals surface area contributed by atoms with Crippen LogP contribution in [0.1, 0.15) is 18.9 Å². The summed E-state index contributed by atoms with van der Waals surface area (Å²) in [4.78, 5) is 8.45. The first-order valence-electron chi connectivity index (χ1n) is 6.43. The molecule has 0 spiro atoms. The van der Waals surface area contributed by atoms with Crippen LogP contribution in [0.25, 0.3) is 0 Å². The van der Waals surface area contributed by atoms with Gasteiger partial charge in [-0.15, -0.1) is 0 Å². The predicted molar refractivity (Wildman–Crippen MR) is 79.5 cm³/mol. The number of hydrogen-bond acceptors (Lipinski definition) is 4. The van der Waals surface area contributed by atoms with Gasteiger partial charge in [0.25, 0.3) is 0 Å². The van der Waals surface area contributed by atoms with Gasteiger partial charge >= 0.3 is 0 Å². The summed E-state index contributed by atoms with van der Waals surface area (Å²) in [6.45, 7) is 3.43. The molecule has 0 aliphatic carbocycles. The van der Waals surface area contributed by atoms with Crippen molar-refractivity contribution in [3.8, 4) is 0 Å². The van der Waals surface area contributed by atoms with Gasteiger partial charge in [-0.25, -0.2) is 9.37 Å². The SMILES string of the molecule is CCCNc1nccc(NCc2ccc(F)c(Cl)c2)n1. The Labute approximate surface area is 122 Å². The summed E-state index contributed by atoms with van der Waals surface area (Å²) in [7, 11) is 0. The Morgan fingerprint density at radius 1 is 1.25 bits per heavy atom. The Bertz CT molecular complexity index is 577. The zero-order chi connectivity index (χ0) is 14.4. The van der Waals surface area contributed by atoms with Crippen molar-refractivity contribution in [1.82, 2.24) is 9.97 Å². The second-order valence-corrected chi connectivity index (χ2v) is 4.70. The maximum atomic E-state index is 13.1. The number of hydrogen-bond donors (Lipinski definition) is 2. The minimum atomic E-state index is -0.413. The number of benzene rings is 1. The summed E-state index contributed by atoms with van der Waals surface area (Å²) in [6, 6.07) is 6.42. The Morgan fingerprint density at radius 2 is 2.10 bits per heavy atom. The number of nitrogens with zero attached hydrogens (tertiary/aromatic N) is 2. The van der Waals surface area contributed by atoms with E-state index in [0.717, 1.165) is 18.5 Å². The first-order chi connectivity index (χ1) is 9.69. The molecule has 4 nitrogen and oxygen atoms in total. The highest BCUT2D eigenvalue weighted by molar-refractivity contribution is 6.30. The molecule has 0 unspecified atom stereocenters. The largest absolute Gasteiger partial charge is 0.366 e. The topological polar surface area (TPSA) is 49.8 Å². The van der Waals surface area contributed by atoms with Crippen molar-refractivity contribution >= 4 is 23.4 Å². The van der Waals surface area contributed by atoms with E-state index in [1.165, 1.54) is 6.07 Å². The number of rotatable bonds is 6. The molecular weight excluding hydrogens is 279 g/mol. The summed E-state index contributed by atoms with van der Waals surface area (Å²) < 4.78 is 13.1. The quantitative estimate of drug-likeness (QED) is 0.853. The molecule has 0 aliphatic heterocycles. The smallest absolute Gasteiger partial charge is 0.224 e. The molecule has 0 amide bonds. The van der Waals surface area contributed by atoms with Crippen LogP contribution in [0.3, 0.4) is 0 Å². The monoisotopic (exact) mass is 294 g/mol. The minimum absolute atomic E-state index is 0.122. The minimum Gasteiger partial charge on any atom is -0.366 e. The highest BCUT2D eigenvalue weighted by Crippen LogP contribution is 2.17. The fourth-order valence-electron chi connectivity index (χ4n) is 1.62. The lowest BCUT2D eigenvalue weighted by molar-refractivity contribution is 0.627. The van der Waals surface area contributed by atoms with E-state index >= 15 is 0 Å². The van der Waals surface area contributed by atoms with Gasteiger partial charge in [0.15, 0.2) is 0 Å². The molecular formula is C14H16ClFN4. The molecule has 0 aliphatic rings. The summed E-state index contributed by atoms with van der Waals surface area (Å²) in [5.74, 6) is 0.886. The van der Waals surface area contributed by atoms with Gasteiger partial charge in [-0.3, -0.25) is 0 Å². The molecule has 0 fully saturated rings. The van der Waals surface area contributed by atoms with Crippen molar-refractivity contribution < 1.29 is 4.39 Å². The Hall–Kier alpha value is -1.88. The Kier molecular flexibility index (Phi) is 5.12. The van der Waals surface area contributed by atoms with E-state index in [1.807, 2.05) is 0 Å². The van der Waals surface area contributed by atoms with Crippen LogP contribution in [0.5, 0.6) is 0 Å². The van der Waals surface area contributed by atoms with Crippen LogP contribution in [0.15, 0.2) is 30.5 Å². The van der Waals surface area contributed by atoms with Crippen molar-refractivity contribution in [2.24, 2.45) is 0 Å². The van der Waals surface area contributed by atoms with Crippen molar-refractivity contribution in [1.29, 1.82) is 0 Å². The van der Waals surface area contributed by atoms with Gasteiger partial charge in [-0.05, 0) is 30.2 Å². The molecule has 0 saturated heterocycles. The van der Waals surface area contributed by atoms with Crippen LogP contribution < -0.4 is 10.6 Å². The van der Waals surface area contributed by atoms with Gasteiger partial charge in [0.05, 0.1) is 5.02 Å². The molecule has 0 bridgehead atoms. The predicted octanol–water partition coefficient (Wildman–Crippen LogP) is 3.70. The van der Waals surface area contributed by atoms with Crippen LogP contribution in [-0.2, 0) is 6.54 Å². The van der Waals surface area contributed by atoms with E-state index in [2.05, 4.69) is 27.5 Å². The van der Waals surface area contributed by atoms with Crippen LogP contribution in [0.4, 0.5) is 16.2 Å². The summed E-state index contributed by atoms with van der Waals surface area (Å²) in [5.41, 5.74) is 0.887. The lowest BCUT2D eigenvalue weighted by Crippen LogP contribution is -2.07. The van der Waals surface area contributed by atoms with Gasteiger partial charge in [0.1, 0.15) is 11.6 Å². The molecule has 6 heteroatoms. The average Bonchev–Trinajstić information content (AvgIpc) is 2.47. The lowest BCUT2D eigenvalue weighted by Gasteiger charge is -2.08. The zero-order valence-corrected chi connectivity index (χ0v) is 11.9. The first kappa shape index (κ1) is 14.5. The van der Waals surface area contributed by atoms with E-state index < -0.39 is 5.82 Å². The summed E-state index contributed by atoms with van der Waals surface area (Å²) in [6.07, 6.45) is 2.69. The van der Waals surface area contributed by atoms with Crippen molar-refractivity contribution in [3.05, 3.63) is 46.9 Å². The number of nitrogens with one attached hydrogen (secondary N) is 2. The van der Waals surface area contributed by atoms with Gasteiger partial charge in [-0.2, -0.15) is 4.98 Å². The third-order valence-electron chi connectivity index (χ3n) is 2.65. The maximum absolute atomic E-state index is 13.1. The molecule has 1 heterocycles. The normalized spacial score (nSPS) is 10.3. The molecule has 0 saturated carbocycles. The van der Waals surface area contributed by atoms with E-state index in [1.54, 1.807) is 24.4 Å². The van der Waals surface area contributed by atoms with E-state index in [0.29, 0.717) is 18.3 Å². The molecule has 0 radical (unpaired) electrons. The molecule has 0 atom stereocenters. The van der Waals surface area contributed by atoms with Crippen LogP contribution in [-0.4, -0.2) is 16.5 Å². The highest BCUT2D eigenvalue weighted by Gasteiger charge is 2.02. The first-order valence-corrected chi connectivity index (χ1v) is 6.81. The fourth-order valence-corrected chi connectivity index (χ4v) is 1.82. The molecule has 2 aromatic rings. The number of halogens is 2. The Morgan fingerprint density at radius 3 is 2.85 bits per heavy atom. The number of anilines is 2. The molecule has 106 valence electrons. The zero-order valence-electron chi connectivity index (χ0n) is 11.2.